The maximum atomic E-state index is 10.2. The smallest absolute Gasteiger partial charge is 0.414 e. The van der Waals surface area contributed by atoms with Crippen molar-refractivity contribution in [3.05, 3.63) is 39.8 Å². The predicted octanol–water partition coefficient (Wildman–Crippen LogP) is 0.977. The third-order valence-corrected chi connectivity index (χ3v) is 5.56. The van der Waals surface area contributed by atoms with Gasteiger partial charge in [0.2, 0.25) is 0 Å². The van der Waals surface area contributed by atoms with Crippen molar-refractivity contribution in [2.45, 2.75) is 26.2 Å². The molecule has 11 nitrogen and oxygen atoms in total. The molecule has 3 rings (SSSR count). The first-order chi connectivity index (χ1) is 16.3. The number of aliphatic hydroxyl groups is 1. The van der Waals surface area contributed by atoms with Gasteiger partial charge in [0.1, 0.15) is 6.61 Å². The summed E-state index contributed by atoms with van der Waals surface area (Å²) in [5.41, 5.74) is 2.00. The molecule has 1 unspecified atom stereocenters. The van der Waals surface area contributed by atoms with E-state index in [1.54, 1.807) is 18.4 Å². The van der Waals surface area contributed by atoms with Crippen LogP contribution >= 0.6 is 11.3 Å². The van der Waals surface area contributed by atoms with Crippen molar-refractivity contribution in [3.8, 4) is 11.5 Å². The number of hydrogen-bond acceptors (Lipinski definition) is 10. The second kappa shape index (κ2) is 14.5. The summed E-state index contributed by atoms with van der Waals surface area (Å²) >= 11 is 1.61. The molecule has 4 N–H and O–H groups in total. The maximum Gasteiger partial charge on any atom is 0.414 e. The lowest BCUT2D eigenvalue weighted by Gasteiger charge is -2.28. The first-order valence-electron chi connectivity index (χ1n) is 10.6. The number of carbonyl (C=O) groups is 2. The fourth-order valence-electron chi connectivity index (χ4n) is 3.10. The molecule has 1 atom stereocenters. The lowest BCUT2D eigenvalue weighted by atomic mass is 10.2. The molecule has 0 saturated carbocycles. The number of rotatable bonds is 10. The van der Waals surface area contributed by atoms with Crippen LogP contribution in [0.2, 0.25) is 0 Å². The van der Waals surface area contributed by atoms with Gasteiger partial charge in [-0.2, -0.15) is 0 Å². The number of β-amino-alcohol motifs (C(OH)–C–C–N with tert-alkyl or cyclic N) is 1. The molecule has 0 radical (unpaired) electrons. The van der Waals surface area contributed by atoms with Crippen molar-refractivity contribution >= 4 is 23.3 Å². The Balaban J connectivity index is 0.000000604. The number of nitrogens with zero attached hydrogens (tertiary/aromatic N) is 2. The van der Waals surface area contributed by atoms with Crippen molar-refractivity contribution < 1.29 is 39.1 Å². The molecule has 2 aromatic rings. The number of thiazole rings is 1. The number of benzene rings is 1. The normalized spacial score (nSPS) is 14.6. The number of aromatic nitrogens is 1. The number of aliphatic carboxylic acids is 2. The molecule has 1 aromatic heterocycles. The Kier molecular flexibility index (Phi) is 11.7. The first kappa shape index (κ1) is 27.5. The average molecular weight is 498 g/mol. The molecule has 12 heteroatoms. The Morgan fingerprint density at radius 1 is 1.24 bits per heavy atom. The van der Waals surface area contributed by atoms with Gasteiger partial charge in [-0.25, -0.2) is 14.6 Å². The summed E-state index contributed by atoms with van der Waals surface area (Å²) in [6, 6.07) is 5.88. The van der Waals surface area contributed by atoms with Crippen molar-refractivity contribution in [3.63, 3.8) is 0 Å². The maximum absolute atomic E-state index is 10.2. The lowest BCUT2D eigenvalue weighted by molar-refractivity contribution is -0.159. The van der Waals surface area contributed by atoms with Crippen molar-refractivity contribution in [2.24, 2.45) is 0 Å². The molecular weight excluding hydrogens is 466 g/mol. The van der Waals surface area contributed by atoms with E-state index in [9.17, 15) is 5.11 Å². The summed E-state index contributed by atoms with van der Waals surface area (Å²) in [5, 5.41) is 31.3. The largest absolute Gasteiger partial charge is 0.493 e. The zero-order valence-electron chi connectivity index (χ0n) is 19.2. The molecule has 0 bridgehead atoms. The topological polar surface area (TPSA) is 151 Å². The quantitative estimate of drug-likeness (QED) is 0.348. The van der Waals surface area contributed by atoms with Crippen LogP contribution in [-0.4, -0.2) is 89.7 Å². The summed E-state index contributed by atoms with van der Waals surface area (Å²) < 4.78 is 16.7. The number of methoxy groups -OCH3 is 1. The molecule has 1 aliphatic rings. The number of morpholine rings is 1. The summed E-state index contributed by atoms with van der Waals surface area (Å²) in [7, 11) is 1.64. The van der Waals surface area contributed by atoms with Crippen LogP contribution in [0, 0.1) is 6.92 Å². The lowest BCUT2D eigenvalue weighted by Crippen LogP contribution is -2.43. The molecule has 1 saturated heterocycles. The van der Waals surface area contributed by atoms with E-state index < -0.39 is 18.0 Å². The van der Waals surface area contributed by atoms with Crippen LogP contribution in [0.1, 0.15) is 16.3 Å². The minimum absolute atomic E-state index is 0.399. The van der Waals surface area contributed by atoms with E-state index in [4.69, 9.17) is 34.0 Å². The number of carboxylic acid groups (broad SMARTS) is 2. The van der Waals surface area contributed by atoms with Gasteiger partial charge >= 0.3 is 11.9 Å². The van der Waals surface area contributed by atoms with Crippen molar-refractivity contribution in [2.75, 3.05) is 46.5 Å². The highest BCUT2D eigenvalue weighted by Gasteiger charge is 2.15. The van der Waals surface area contributed by atoms with Crippen LogP contribution in [0.5, 0.6) is 11.5 Å². The van der Waals surface area contributed by atoms with E-state index in [2.05, 4.69) is 15.2 Å². The third kappa shape index (κ3) is 10.0. The Hall–Kier alpha value is -2.77. The summed E-state index contributed by atoms with van der Waals surface area (Å²) in [5.74, 6) is -2.26. The molecule has 0 spiro atoms. The highest BCUT2D eigenvalue weighted by atomic mass is 32.1. The Bertz CT molecular complexity index is 905. The van der Waals surface area contributed by atoms with Gasteiger partial charge in [0.05, 0.1) is 37.1 Å². The van der Waals surface area contributed by atoms with Gasteiger partial charge in [0.25, 0.3) is 0 Å². The number of carboxylic acids is 2. The summed E-state index contributed by atoms with van der Waals surface area (Å²) in [6.07, 6.45) is -0.399. The monoisotopic (exact) mass is 497 g/mol. The van der Waals surface area contributed by atoms with Crippen LogP contribution in [0.25, 0.3) is 0 Å². The third-order valence-electron chi connectivity index (χ3n) is 4.73. The minimum atomic E-state index is -1.82. The summed E-state index contributed by atoms with van der Waals surface area (Å²) in [4.78, 5) is 24.8. The molecule has 1 fully saturated rings. The van der Waals surface area contributed by atoms with Crippen LogP contribution in [0.4, 0.5) is 0 Å². The molecule has 1 aromatic carbocycles. The number of aliphatic hydroxyl groups excluding tert-OH is 1. The van der Waals surface area contributed by atoms with E-state index in [1.807, 2.05) is 30.5 Å². The van der Waals surface area contributed by atoms with Gasteiger partial charge in [-0.05, 0) is 24.6 Å². The van der Waals surface area contributed by atoms with Crippen LogP contribution in [-0.2, 0) is 27.5 Å². The van der Waals surface area contributed by atoms with Gasteiger partial charge in [-0.1, -0.05) is 6.07 Å². The second-order valence-electron chi connectivity index (χ2n) is 7.44. The molecule has 0 aliphatic carbocycles. The molecule has 34 heavy (non-hydrogen) atoms. The van der Waals surface area contributed by atoms with E-state index >= 15 is 0 Å². The molecular formula is C22H31N3O8S. The number of hydrogen-bond donors (Lipinski definition) is 4. The SMILES string of the molecule is COc1cc(CNCC(O)CN2CCOCC2)ccc1OCc1csc(C)n1.O=C(O)C(=O)O. The van der Waals surface area contributed by atoms with E-state index in [0.29, 0.717) is 37.7 Å². The number of nitrogens with one attached hydrogen (secondary N) is 1. The standard InChI is InChI=1S/C20H29N3O4S.C2H2O4/c1-15-22-17(14-28-15)13-27-19-4-3-16(9-20(19)25-2)10-21-11-18(24)12-23-5-7-26-8-6-23;3-1(4)2(5)6/h3-4,9,14,18,21,24H,5-8,10-13H2,1-2H3;(H,3,4)(H,5,6). The van der Waals surface area contributed by atoms with Gasteiger partial charge in [0.15, 0.2) is 11.5 Å². The summed E-state index contributed by atoms with van der Waals surface area (Å²) in [6.45, 7) is 7.53. The van der Waals surface area contributed by atoms with E-state index in [-0.39, 0.29) is 0 Å². The highest BCUT2D eigenvalue weighted by molar-refractivity contribution is 7.09. The van der Waals surface area contributed by atoms with Crippen molar-refractivity contribution in [1.29, 1.82) is 0 Å². The van der Waals surface area contributed by atoms with Crippen molar-refractivity contribution in [1.82, 2.24) is 15.2 Å². The van der Waals surface area contributed by atoms with Crippen LogP contribution in [0.3, 0.4) is 0 Å². The zero-order chi connectivity index (χ0) is 24.9. The van der Waals surface area contributed by atoms with Gasteiger partial charge in [-0.15, -0.1) is 11.3 Å². The number of aryl methyl sites for hydroxylation is 1. The Labute approximate surface area is 201 Å². The van der Waals surface area contributed by atoms with Gasteiger partial charge in [0, 0.05) is 38.1 Å². The van der Waals surface area contributed by atoms with E-state index in [1.165, 1.54) is 0 Å². The second-order valence-corrected chi connectivity index (χ2v) is 8.50. The van der Waals surface area contributed by atoms with E-state index in [0.717, 1.165) is 42.6 Å². The fourth-order valence-corrected chi connectivity index (χ4v) is 3.69. The van der Waals surface area contributed by atoms with Crippen LogP contribution in [0.15, 0.2) is 23.6 Å². The fraction of sp³-hybridized carbons (Fsp3) is 0.500. The molecule has 0 amide bonds. The average Bonchev–Trinajstić information content (AvgIpc) is 3.24. The Morgan fingerprint density at radius 3 is 2.53 bits per heavy atom. The molecule has 188 valence electrons. The van der Waals surface area contributed by atoms with Gasteiger partial charge < -0.3 is 34.8 Å². The minimum Gasteiger partial charge on any atom is -0.493 e. The first-order valence-corrected chi connectivity index (χ1v) is 11.5. The molecule has 1 aliphatic heterocycles. The zero-order valence-corrected chi connectivity index (χ0v) is 20.0. The molecule has 2 heterocycles. The van der Waals surface area contributed by atoms with Crippen LogP contribution < -0.4 is 14.8 Å². The number of ether oxygens (including phenoxy) is 3. The van der Waals surface area contributed by atoms with Gasteiger partial charge in [-0.3, -0.25) is 4.90 Å². The highest BCUT2D eigenvalue weighted by Crippen LogP contribution is 2.29. The Morgan fingerprint density at radius 2 is 1.94 bits per heavy atom. The predicted molar refractivity (Wildman–Crippen MR) is 124 cm³/mol.